The number of benzene rings is 1. The molecular formula is C9H13N. The molecule has 0 heterocycles. The van der Waals surface area contributed by atoms with E-state index in [9.17, 15) is 0 Å². The molecule has 1 aromatic rings. The van der Waals surface area contributed by atoms with Gasteiger partial charge in [0.05, 0.1) is 0 Å². The molecular weight excluding hydrogens is 122 g/mol. The summed E-state index contributed by atoms with van der Waals surface area (Å²) in [4.78, 5) is 0. The van der Waals surface area contributed by atoms with Gasteiger partial charge in [-0.1, -0.05) is 36.4 Å². The third-order valence-corrected chi connectivity index (χ3v) is 1.29. The first kappa shape index (κ1) is 7.29. The first-order valence-corrected chi connectivity index (χ1v) is 3.65. The fourth-order valence-corrected chi connectivity index (χ4v) is 0.481. The summed E-state index contributed by atoms with van der Waals surface area (Å²) in [5.41, 5.74) is 5.22. The van der Waals surface area contributed by atoms with E-state index in [4.69, 9.17) is 5.73 Å². The normalized spacial score (nSPS) is 15.3. The molecule has 0 unspecified atom stereocenters. The van der Waals surface area contributed by atoms with Gasteiger partial charge in [0.25, 0.3) is 0 Å². The molecule has 0 radical (unpaired) electrons. The average molecular weight is 135 g/mol. The summed E-state index contributed by atoms with van der Waals surface area (Å²) in [7, 11) is 0. The minimum Gasteiger partial charge on any atom is -0.328 e. The van der Waals surface area contributed by atoms with Crippen LogP contribution in [0.3, 0.4) is 0 Å². The van der Waals surface area contributed by atoms with Gasteiger partial charge in [0.1, 0.15) is 0 Å². The fraction of sp³-hybridized carbons (Fsp3) is 0.333. The summed E-state index contributed by atoms with van der Waals surface area (Å²) in [6.45, 7) is 0. The molecule has 54 valence electrons. The van der Waals surface area contributed by atoms with Crippen LogP contribution < -0.4 is 5.73 Å². The highest BCUT2D eigenvalue weighted by Gasteiger charge is 2.13. The van der Waals surface area contributed by atoms with Crippen LogP contribution in [0.5, 0.6) is 0 Å². The lowest BCUT2D eigenvalue weighted by atomic mass is 10.4. The van der Waals surface area contributed by atoms with Gasteiger partial charge in [0.15, 0.2) is 0 Å². The smallest absolute Gasteiger partial charge is 0.00399 e. The molecule has 2 rings (SSSR count). The third kappa shape index (κ3) is 4.10. The zero-order valence-electron chi connectivity index (χ0n) is 6.03. The van der Waals surface area contributed by atoms with E-state index in [2.05, 4.69) is 0 Å². The minimum atomic E-state index is 0.583. The van der Waals surface area contributed by atoms with Gasteiger partial charge >= 0.3 is 0 Å². The van der Waals surface area contributed by atoms with E-state index in [0.717, 1.165) is 0 Å². The Labute approximate surface area is 61.9 Å². The maximum absolute atomic E-state index is 5.22. The molecule has 1 aromatic carbocycles. The van der Waals surface area contributed by atoms with E-state index in [1.54, 1.807) is 0 Å². The summed E-state index contributed by atoms with van der Waals surface area (Å²) >= 11 is 0. The van der Waals surface area contributed by atoms with Gasteiger partial charge in [-0.2, -0.15) is 0 Å². The van der Waals surface area contributed by atoms with Crippen molar-refractivity contribution in [3.05, 3.63) is 36.4 Å². The summed E-state index contributed by atoms with van der Waals surface area (Å²) in [6.07, 6.45) is 2.53. The van der Waals surface area contributed by atoms with Crippen molar-refractivity contribution in [3.8, 4) is 0 Å². The van der Waals surface area contributed by atoms with E-state index < -0.39 is 0 Å². The number of rotatable bonds is 0. The summed E-state index contributed by atoms with van der Waals surface area (Å²) in [5, 5.41) is 0. The largest absolute Gasteiger partial charge is 0.328 e. The molecule has 1 nitrogen and oxygen atoms in total. The van der Waals surface area contributed by atoms with Crippen molar-refractivity contribution in [2.24, 2.45) is 5.73 Å². The van der Waals surface area contributed by atoms with Crippen molar-refractivity contribution >= 4 is 0 Å². The Kier molecular flexibility index (Phi) is 2.97. The zero-order valence-corrected chi connectivity index (χ0v) is 6.03. The van der Waals surface area contributed by atoms with Crippen molar-refractivity contribution in [2.45, 2.75) is 18.9 Å². The Morgan fingerprint density at radius 3 is 1.10 bits per heavy atom. The Morgan fingerprint density at radius 1 is 0.800 bits per heavy atom. The van der Waals surface area contributed by atoms with E-state index in [1.165, 1.54) is 12.8 Å². The van der Waals surface area contributed by atoms with Crippen LogP contribution in [0.25, 0.3) is 0 Å². The van der Waals surface area contributed by atoms with Crippen molar-refractivity contribution in [2.75, 3.05) is 0 Å². The summed E-state index contributed by atoms with van der Waals surface area (Å²) in [6, 6.07) is 12.6. The van der Waals surface area contributed by atoms with Gasteiger partial charge < -0.3 is 5.73 Å². The first-order valence-electron chi connectivity index (χ1n) is 3.65. The van der Waals surface area contributed by atoms with Crippen molar-refractivity contribution in [1.82, 2.24) is 0 Å². The van der Waals surface area contributed by atoms with Crippen LogP contribution in [0.4, 0.5) is 0 Å². The van der Waals surface area contributed by atoms with Gasteiger partial charge in [0, 0.05) is 6.04 Å². The zero-order chi connectivity index (χ0) is 7.23. The predicted octanol–water partition coefficient (Wildman–Crippen LogP) is 1.79. The molecule has 1 heteroatoms. The van der Waals surface area contributed by atoms with Crippen molar-refractivity contribution in [1.29, 1.82) is 0 Å². The van der Waals surface area contributed by atoms with E-state index >= 15 is 0 Å². The van der Waals surface area contributed by atoms with E-state index in [1.807, 2.05) is 36.4 Å². The monoisotopic (exact) mass is 135 g/mol. The first-order chi connectivity index (χ1) is 4.89. The molecule has 0 saturated heterocycles. The highest BCUT2D eigenvalue weighted by Crippen LogP contribution is 2.13. The fourth-order valence-electron chi connectivity index (χ4n) is 0.481. The maximum Gasteiger partial charge on any atom is 0.00399 e. The molecule has 0 aromatic heterocycles. The quantitative estimate of drug-likeness (QED) is 0.576. The van der Waals surface area contributed by atoms with Crippen LogP contribution in [-0.4, -0.2) is 6.04 Å². The van der Waals surface area contributed by atoms with Crippen LogP contribution >= 0.6 is 0 Å². The molecule has 0 spiro atoms. The lowest BCUT2D eigenvalue weighted by Crippen LogP contribution is -1.94. The highest BCUT2D eigenvalue weighted by atomic mass is 14.7. The molecule has 0 atom stereocenters. The van der Waals surface area contributed by atoms with Crippen LogP contribution in [-0.2, 0) is 0 Å². The molecule has 2 N–H and O–H groups in total. The van der Waals surface area contributed by atoms with Gasteiger partial charge in [-0.15, -0.1) is 0 Å². The molecule has 0 bridgehead atoms. The predicted molar refractivity (Wildman–Crippen MR) is 43.7 cm³/mol. The maximum atomic E-state index is 5.22. The second-order valence-electron chi connectivity index (χ2n) is 2.49. The van der Waals surface area contributed by atoms with E-state index in [-0.39, 0.29) is 0 Å². The van der Waals surface area contributed by atoms with Gasteiger partial charge in [-0.3, -0.25) is 0 Å². The van der Waals surface area contributed by atoms with Gasteiger partial charge in [-0.25, -0.2) is 0 Å². The van der Waals surface area contributed by atoms with Crippen LogP contribution in [0.15, 0.2) is 36.4 Å². The lowest BCUT2D eigenvalue weighted by molar-refractivity contribution is 1.07. The second kappa shape index (κ2) is 4.07. The molecule has 1 fully saturated rings. The topological polar surface area (TPSA) is 26.0 Å². The van der Waals surface area contributed by atoms with Crippen molar-refractivity contribution in [3.63, 3.8) is 0 Å². The molecule has 1 aliphatic rings. The Balaban J connectivity index is 0.000000108. The number of nitrogens with two attached hydrogens (primary N) is 1. The molecule has 0 aliphatic heterocycles. The second-order valence-corrected chi connectivity index (χ2v) is 2.49. The average Bonchev–Trinajstić information content (AvgIpc) is 2.77. The van der Waals surface area contributed by atoms with Crippen molar-refractivity contribution < 1.29 is 0 Å². The number of hydrogen-bond acceptors (Lipinski definition) is 1. The highest BCUT2D eigenvalue weighted by molar-refractivity contribution is 4.99. The standard InChI is InChI=1S/C6H6.C3H7N/c1-2-4-6-5-3-1;4-3-1-2-3/h1-6H;3H,1-2,4H2. The van der Waals surface area contributed by atoms with E-state index in [0.29, 0.717) is 6.04 Å². The number of hydrogen-bond donors (Lipinski definition) is 1. The van der Waals surface area contributed by atoms with Gasteiger partial charge in [0.2, 0.25) is 0 Å². The SMILES string of the molecule is NC1CC1.c1ccccc1. The lowest BCUT2D eigenvalue weighted by Gasteiger charge is -1.69. The van der Waals surface area contributed by atoms with Crippen LogP contribution in [0.1, 0.15) is 12.8 Å². The van der Waals surface area contributed by atoms with Crippen LogP contribution in [0.2, 0.25) is 0 Å². The Hall–Kier alpha value is -0.820. The molecule has 1 saturated carbocycles. The Morgan fingerprint density at radius 2 is 1.00 bits per heavy atom. The Bertz CT molecular complexity index is 129. The minimum absolute atomic E-state index is 0.583. The third-order valence-electron chi connectivity index (χ3n) is 1.29. The molecule has 1 aliphatic carbocycles. The molecule has 10 heavy (non-hydrogen) atoms. The summed E-state index contributed by atoms with van der Waals surface area (Å²) in [5.74, 6) is 0. The molecule has 0 amide bonds. The summed E-state index contributed by atoms with van der Waals surface area (Å²) < 4.78 is 0. The van der Waals surface area contributed by atoms with Crippen LogP contribution in [0, 0.1) is 0 Å². The van der Waals surface area contributed by atoms with Gasteiger partial charge in [-0.05, 0) is 12.8 Å².